The molecule has 0 saturated carbocycles. The summed E-state index contributed by atoms with van der Waals surface area (Å²) < 4.78 is 0. The molecule has 0 spiro atoms. The smallest absolute Gasteiger partial charge is 0.0822 e. The Morgan fingerprint density at radius 1 is 1.62 bits per heavy atom. The lowest BCUT2D eigenvalue weighted by molar-refractivity contribution is 1.06. The minimum absolute atomic E-state index is 0.869. The van der Waals surface area contributed by atoms with E-state index in [1.54, 1.807) is 13.4 Å². The minimum Gasteiger partial charge on any atom is -0.373 e. The van der Waals surface area contributed by atoms with Crippen LogP contribution in [0.4, 0.5) is 0 Å². The zero-order valence-electron chi connectivity index (χ0n) is 5.39. The van der Waals surface area contributed by atoms with Gasteiger partial charge < -0.3 is 5.32 Å². The molecule has 0 aliphatic carbocycles. The Kier molecular flexibility index (Phi) is 5.60. The van der Waals surface area contributed by atoms with E-state index in [0.29, 0.717) is 0 Å². The van der Waals surface area contributed by atoms with Crippen LogP contribution in [0, 0.1) is 0 Å². The summed E-state index contributed by atoms with van der Waals surface area (Å²) in [6.45, 7) is 2.86. The second-order valence-electron chi connectivity index (χ2n) is 1.36. The molecule has 0 amide bonds. The van der Waals surface area contributed by atoms with Crippen LogP contribution in [0.2, 0.25) is 0 Å². The zero-order chi connectivity index (χ0) is 6.24. The highest BCUT2D eigenvalue weighted by atomic mass is 14.9. The highest BCUT2D eigenvalue weighted by molar-refractivity contribution is 5.53. The maximum atomic E-state index is 3.74. The van der Waals surface area contributed by atoms with Crippen molar-refractivity contribution in [3.8, 4) is 0 Å². The zero-order valence-corrected chi connectivity index (χ0v) is 5.39. The van der Waals surface area contributed by atoms with Gasteiger partial charge in [-0.15, -0.1) is 0 Å². The van der Waals surface area contributed by atoms with E-state index >= 15 is 0 Å². The molecule has 0 unspecified atom stereocenters. The van der Waals surface area contributed by atoms with E-state index < -0.39 is 0 Å². The predicted molar refractivity (Wildman–Crippen MR) is 37.2 cm³/mol. The van der Waals surface area contributed by atoms with E-state index in [4.69, 9.17) is 0 Å². The molecule has 46 valence electrons. The maximum Gasteiger partial charge on any atom is 0.0822 e. The molecule has 0 heterocycles. The van der Waals surface area contributed by atoms with Crippen molar-refractivity contribution >= 4 is 6.34 Å². The Hall–Kier alpha value is -0.790. The van der Waals surface area contributed by atoms with Gasteiger partial charge in [0, 0.05) is 13.6 Å². The predicted octanol–water partition coefficient (Wildman–Crippen LogP) is 0.810. The first-order chi connectivity index (χ1) is 3.91. The summed E-state index contributed by atoms with van der Waals surface area (Å²) in [7, 11) is 1.74. The van der Waals surface area contributed by atoms with Gasteiger partial charge in [0.25, 0.3) is 0 Å². The van der Waals surface area contributed by atoms with Gasteiger partial charge in [0.05, 0.1) is 6.34 Å². The van der Waals surface area contributed by atoms with Gasteiger partial charge in [-0.3, -0.25) is 4.99 Å². The number of allylic oxidation sites excluding steroid dienone is 1. The molecular weight excluding hydrogens is 100 g/mol. The van der Waals surface area contributed by atoms with Crippen LogP contribution in [0.25, 0.3) is 0 Å². The average Bonchev–Trinajstić information content (AvgIpc) is 1.81. The molecule has 2 nitrogen and oxygen atoms in total. The third kappa shape index (κ3) is 5.21. The summed E-state index contributed by atoms with van der Waals surface area (Å²) in [5, 5.41) is 2.96. The van der Waals surface area contributed by atoms with Gasteiger partial charge in [-0.05, 0) is 6.92 Å². The van der Waals surface area contributed by atoms with Crippen LogP contribution in [0.5, 0.6) is 0 Å². The van der Waals surface area contributed by atoms with Gasteiger partial charge in [-0.1, -0.05) is 12.2 Å². The highest BCUT2D eigenvalue weighted by Crippen LogP contribution is 1.63. The Labute approximate surface area is 50.3 Å². The average molecular weight is 112 g/mol. The third-order valence-corrected chi connectivity index (χ3v) is 0.692. The van der Waals surface area contributed by atoms with Gasteiger partial charge in [-0.25, -0.2) is 0 Å². The van der Waals surface area contributed by atoms with E-state index in [1.807, 2.05) is 19.1 Å². The molecule has 0 radical (unpaired) electrons. The molecule has 0 aromatic heterocycles. The van der Waals surface area contributed by atoms with Gasteiger partial charge in [-0.2, -0.15) is 0 Å². The number of aliphatic imine (C=N–C) groups is 1. The molecule has 0 rings (SSSR count). The molecule has 2 heteroatoms. The standard InChI is InChI=1S/C6H12N2/c1-3-4-5-8-6-7-2/h3-4,6H,5H2,1-2H3,(H,7,8)/b4-3+. The monoisotopic (exact) mass is 112 g/mol. The highest BCUT2D eigenvalue weighted by Gasteiger charge is 1.66. The van der Waals surface area contributed by atoms with Crippen LogP contribution < -0.4 is 5.32 Å². The van der Waals surface area contributed by atoms with Crippen molar-refractivity contribution in [3.05, 3.63) is 12.2 Å². The lowest BCUT2D eigenvalue weighted by atomic mass is 10.5. The number of hydrogen-bond acceptors (Lipinski definition) is 1. The van der Waals surface area contributed by atoms with E-state index in [9.17, 15) is 0 Å². The van der Waals surface area contributed by atoms with Crippen molar-refractivity contribution in [1.82, 2.24) is 5.32 Å². The lowest BCUT2D eigenvalue weighted by Gasteiger charge is -1.88. The van der Waals surface area contributed by atoms with E-state index in [2.05, 4.69) is 10.3 Å². The summed E-state index contributed by atoms with van der Waals surface area (Å²) >= 11 is 0. The Morgan fingerprint density at radius 2 is 2.38 bits per heavy atom. The largest absolute Gasteiger partial charge is 0.373 e. The first kappa shape index (κ1) is 7.21. The van der Waals surface area contributed by atoms with Crippen LogP contribution in [0.15, 0.2) is 17.1 Å². The van der Waals surface area contributed by atoms with Crippen molar-refractivity contribution in [2.75, 3.05) is 13.6 Å². The van der Waals surface area contributed by atoms with Crippen LogP contribution in [0.3, 0.4) is 0 Å². The second kappa shape index (κ2) is 6.21. The summed E-state index contributed by atoms with van der Waals surface area (Å²) in [4.78, 5) is 3.74. The summed E-state index contributed by atoms with van der Waals surface area (Å²) in [6, 6.07) is 0. The quantitative estimate of drug-likeness (QED) is 0.248. The topological polar surface area (TPSA) is 24.4 Å². The maximum absolute atomic E-state index is 3.74. The fourth-order valence-electron chi connectivity index (χ4n) is 0.330. The van der Waals surface area contributed by atoms with Gasteiger partial charge in [0.1, 0.15) is 0 Å². The first-order valence-electron chi connectivity index (χ1n) is 2.67. The summed E-state index contributed by atoms with van der Waals surface area (Å²) in [5.74, 6) is 0. The lowest BCUT2D eigenvalue weighted by Crippen LogP contribution is -2.09. The van der Waals surface area contributed by atoms with Crippen molar-refractivity contribution in [2.45, 2.75) is 6.92 Å². The molecule has 0 atom stereocenters. The number of nitrogens with one attached hydrogen (secondary N) is 1. The van der Waals surface area contributed by atoms with Crippen molar-refractivity contribution in [3.63, 3.8) is 0 Å². The summed E-state index contributed by atoms with van der Waals surface area (Å²) in [5.41, 5.74) is 0. The van der Waals surface area contributed by atoms with Crippen LogP contribution in [-0.2, 0) is 0 Å². The van der Waals surface area contributed by atoms with Gasteiger partial charge in [0.15, 0.2) is 0 Å². The Morgan fingerprint density at radius 3 is 2.88 bits per heavy atom. The molecule has 1 N–H and O–H groups in total. The van der Waals surface area contributed by atoms with Crippen molar-refractivity contribution in [2.24, 2.45) is 4.99 Å². The van der Waals surface area contributed by atoms with E-state index in [1.165, 1.54) is 0 Å². The van der Waals surface area contributed by atoms with Crippen LogP contribution in [0.1, 0.15) is 6.92 Å². The molecule has 0 aliphatic rings. The molecule has 0 bridgehead atoms. The van der Waals surface area contributed by atoms with Gasteiger partial charge >= 0.3 is 0 Å². The molecule has 0 aromatic carbocycles. The Balaban J connectivity index is 2.93. The van der Waals surface area contributed by atoms with E-state index in [0.717, 1.165) is 6.54 Å². The Bertz CT molecular complexity index is 72.5. The van der Waals surface area contributed by atoms with E-state index in [-0.39, 0.29) is 0 Å². The number of nitrogens with zero attached hydrogens (tertiary/aromatic N) is 1. The normalized spacial score (nSPS) is 11.2. The van der Waals surface area contributed by atoms with Crippen LogP contribution >= 0.6 is 0 Å². The summed E-state index contributed by atoms with van der Waals surface area (Å²) in [6.07, 6.45) is 5.71. The molecule has 0 aromatic rings. The van der Waals surface area contributed by atoms with Crippen molar-refractivity contribution < 1.29 is 0 Å². The third-order valence-electron chi connectivity index (χ3n) is 0.692. The molecular formula is C6H12N2. The molecule has 0 saturated heterocycles. The van der Waals surface area contributed by atoms with Gasteiger partial charge in [0.2, 0.25) is 0 Å². The molecule has 0 fully saturated rings. The number of rotatable bonds is 3. The molecule has 8 heavy (non-hydrogen) atoms. The second-order valence-corrected chi connectivity index (χ2v) is 1.36. The fourth-order valence-corrected chi connectivity index (χ4v) is 0.330. The first-order valence-corrected chi connectivity index (χ1v) is 2.67. The SMILES string of the molecule is C/C=C/CNC=NC. The number of hydrogen-bond donors (Lipinski definition) is 1. The molecule has 0 aliphatic heterocycles. The van der Waals surface area contributed by atoms with Crippen molar-refractivity contribution in [1.29, 1.82) is 0 Å². The fraction of sp³-hybridized carbons (Fsp3) is 0.500. The minimum atomic E-state index is 0.869. The van der Waals surface area contributed by atoms with Crippen LogP contribution in [-0.4, -0.2) is 19.9 Å².